The van der Waals surface area contributed by atoms with E-state index < -0.39 is 12.2 Å². The summed E-state index contributed by atoms with van der Waals surface area (Å²) in [5.74, 6) is 0.306. The van der Waals surface area contributed by atoms with Crippen LogP contribution in [0.1, 0.15) is 23.1 Å². The van der Waals surface area contributed by atoms with E-state index >= 15 is 0 Å². The molecule has 0 bridgehead atoms. The van der Waals surface area contributed by atoms with Gasteiger partial charge in [-0.25, -0.2) is 9.78 Å². The Morgan fingerprint density at radius 1 is 1.30 bits per heavy atom. The third-order valence-electron chi connectivity index (χ3n) is 3.49. The number of aryl methyl sites for hydroxylation is 1. The Balaban J connectivity index is 2.09. The summed E-state index contributed by atoms with van der Waals surface area (Å²) < 4.78 is 11.2. The molecule has 1 aromatic heterocycles. The van der Waals surface area contributed by atoms with Crippen molar-refractivity contribution in [1.29, 1.82) is 0 Å². The second kappa shape index (κ2) is 6.30. The maximum absolute atomic E-state index is 11.7. The molecule has 0 saturated heterocycles. The number of benzene rings is 2. The van der Waals surface area contributed by atoms with E-state index in [1.165, 1.54) is 7.05 Å². The fourth-order valence-corrected chi connectivity index (χ4v) is 2.49. The zero-order valence-electron chi connectivity index (χ0n) is 12.7. The number of carbonyl (C=O) groups is 1. The van der Waals surface area contributed by atoms with E-state index in [4.69, 9.17) is 20.8 Å². The van der Waals surface area contributed by atoms with Gasteiger partial charge in [0.25, 0.3) is 0 Å². The monoisotopic (exact) mass is 330 g/mol. The van der Waals surface area contributed by atoms with Gasteiger partial charge in [0.05, 0.1) is 0 Å². The number of carbonyl (C=O) groups excluding carboxylic acids is 1. The van der Waals surface area contributed by atoms with Crippen LogP contribution in [0.2, 0.25) is 5.02 Å². The predicted molar refractivity (Wildman–Crippen MR) is 87.6 cm³/mol. The number of nitrogens with zero attached hydrogens (tertiary/aromatic N) is 1. The first-order valence-corrected chi connectivity index (χ1v) is 7.46. The Hall–Kier alpha value is -2.53. The van der Waals surface area contributed by atoms with Crippen LogP contribution in [0.25, 0.3) is 11.1 Å². The van der Waals surface area contributed by atoms with Crippen molar-refractivity contribution in [1.82, 2.24) is 10.3 Å². The number of fused-ring (bicyclic) bond motifs is 1. The van der Waals surface area contributed by atoms with Crippen molar-refractivity contribution >= 4 is 28.8 Å². The van der Waals surface area contributed by atoms with Crippen molar-refractivity contribution in [3.05, 3.63) is 64.5 Å². The molecule has 0 aliphatic heterocycles. The van der Waals surface area contributed by atoms with Gasteiger partial charge in [-0.2, -0.15) is 0 Å². The number of nitrogens with one attached hydrogen (secondary N) is 1. The van der Waals surface area contributed by atoms with Gasteiger partial charge in [0.15, 0.2) is 5.58 Å². The molecule has 0 spiro atoms. The van der Waals surface area contributed by atoms with Gasteiger partial charge in [0.2, 0.25) is 12.0 Å². The van der Waals surface area contributed by atoms with E-state index in [0.717, 1.165) is 11.1 Å². The van der Waals surface area contributed by atoms with Crippen LogP contribution in [-0.4, -0.2) is 18.1 Å². The van der Waals surface area contributed by atoms with Gasteiger partial charge in [-0.05, 0) is 30.7 Å². The van der Waals surface area contributed by atoms with Gasteiger partial charge in [-0.3, -0.25) is 0 Å². The fourth-order valence-electron chi connectivity index (χ4n) is 2.32. The van der Waals surface area contributed by atoms with Crippen LogP contribution in [-0.2, 0) is 4.74 Å². The number of oxazole rings is 1. The van der Waals surface area contributed by atoms with Crippen LogP contribution in [0.5, 0.6) is 0 Å². The average Bonchev–Trinajstić information content (AvgIpc) is 2.96. The summed E-state index contributed by atoms with van der Waals surface area (Å²) in [6.45, 7) is 1.94. The van der Waals surface area contributed by atoms with Crippen LogP contribution in [0, 0.1) is 6.92 Å². The number of hydrogen-bond donors (Lipinski definition) is 1. The molecule has 118 valence electrons. The molecule has 1 unspecified atom stereocenters. The van der Waals surface area contributed by atoms with Crippen LogP contribution in [0.3, 0.4) is 0 Å². The van der Waals surface area contributed by atoms with Crippen molar-refractivity contribution in [2.75, 3.05) is 7.05 Å². The molecule has 3 aromatic rings. The lowest BCUT2D eigenvalue weighted by molar-refractivity contribution is 0.105. The highest BCUT2D eigenvalue weighted by molar-refractivity contribution is 6.31. The zero-order valence-corrected chi connectivity index (χ0v) is 13.4. The number of ether oxygens (including phenoxy) is 1. The molecule has 5 nitrogen and oxygen atoms in total. The Morgan fingerprint density at radius 2 is 2.09 bits per heavy atom. The van der Waals surface area contributed by atoms with Crippen molar-refractivity contribution in [2.24, 2.45) is 0 Å². The molecule has 2 aromatic carbocycles. The smallest absolute Gasteiger partial charge is 0.408 e. The number of halogens is 1. The van der Waals surface area contributed by atoms with Crippen molar-refractivity contribution < 1.29 is 13.9 Å². The average molecular weight is 331 g/mol. The summed E-state index contributed by atoms with van der Waals surface area (Å²) in [6.07, 6.45) is -1.29. The first-order valence-electron chi connectivity index (χ1n) is 7.08. The first-order chi connectivity index (χ1) is 11.1. The van der Waals surface area contributed by atoms with E-state index in [1.807, 2.05) is 31.2 Å². The molecule has 0 aliphatic rings. The highest BCUT2D eigenvalue weighted by atomic mass is 35.5. The molecule has 3 rings (SSSR count). The van der Waals surface area contributed by atoms with Crippen LogP contribution >= 0.6 is 11.6 Å². The molecule has 1 atom stereocenters. The highest BCUT2D eigenvalue weighted by Gasteiger charge is 2.25. The maximum atomic E-state index is 11.7. The number of hydrogen-bond acceptors (Lipinski definition) is 4. The molecule has 6 heteroatoms. The van der Waals surface area contributed by atoms with Crippen LogP contribution in [0.4, 0.5) is 4.79 Å². The number of amides is 1. The Bertz CT molecular complexity index is 860. The Labute approximate surface area is 138 Å². The summed E-state index contributed by atoms with van der Waals surface area (Å²) in [4.78, 5) is 16.1. The van der Waals surface area contributed by atoms with Gasteiger partial charge in [-0.1, -0.05) is 35.9 Å². The maximum Gasteiger partial charge on any atom is 0.408 e. The predicted octanol–water partition coefficient (Wildman–Crippen LogP) is 4.24. The largest absolute Gasteiger partial charge is 0.436 e. The van der Waals surface area contributed by atoms with E-state index in [-0.39, 0.29) is 0 Å². The standard InChI is InChI=1S/C17H15ClN2O3/c1-10-5-3-4-6-12(10)15(23-17(21)19-2)16-20-13-9-11(18)7-8-14(13)22-16/h3-9,15H,1-2H3,(H,19,21). The fraction of sp³-hybridized carbons (Fsp3) is 0.176. The van der Waals surface area contributed by atoms with E-state index in [2.05, 4.69) is 10.3 Å². The second-order valence-electron chi connectivity index (χ2n) is 5.06. The minimum atomic E-state index is -0.734. The van der Waals surface area contributed by atoms with Crippen molar-refractivity contribution in [3.8, 4) is 0 Å². The molecular weight excluding hydrogens is 316 g/mol. The third-order valence-corrected chi connectivity index (χ3v) is 3.73. The second-order valence-corrected chi connectivity index (χ2v) is 5.49. The number of rotatable bonds is 3. The molecule has 1 amide bonds. The normalized spacial score (nSPS) is 12.1. The van der Waals surface area contributed by atoms with Crippen LogP contribution in [0.15, 0.2) is 46.9 Å². The minimum Gasteiger partial charge on any atom is -0.436 e. The van der Waals surface area contributed by atoms with Gasteiger partial charge >= 0.3 is 6.09 Å². The first kappa shape index (κ1) is 15.4. The molecular formula is C17H15ClN2O3. The van der Waals surface area contributed by atoms with E-state index in [0.29, 0.717) is 22.0 Å². The summed E-state index contributed by atoms with van der Waals surface area (Å²) in [6, 6.07) is 12.8. The van der Waals surface area contributed by atoms with Gasteiger partial charge < -0.3 is 14.5 Å². The lowest BCUT2D eigenvalue weighted by Crippen LogP contribution is -2.23. The number of aromatic nitrogens is 1. The highest BCUT2D eigenvalue weighted by Crippen LogP contribution is 2.31. The van der Waals surface area contributed by atoms with Crippen molar-refractivity contribution in [2.45, 2.75) is 13.0 Å². The van der Waals surface area contributed by atoms with Crippen LogP contribution < -0.4 is 5.32 Å². The van der Waals surface area contributed by atoms with Crippen molar-refractivity contribution in [3.63, 3.8) is 0 Å². The molecule has 1 heterocycles. The van der Waals surface area contributed by atoms with Gasteiger partial charge in [0, 0.05) is 17.6 Å². The molecule has 0 saturated carbocycles. The van der Waals surface area contributed by atoms with E-state index in [1.54, 1.807) is 18.2 Å². The molecule has 0 fully saturated rings. The molecule has 0 aliphatic carbocycles. The third kappa shape index (κ3) is 3.14. The summed E-state index contributed by atoms with van der Waals surface area (Å²) in [5, 5.41) is 3.01. The zero-order chi connectivity index (χ0) is 16.4. The van der Waals surface area contributed by atoms with E-state index in [9.17, 15) is 4.79 Å². The quantitative estimate of drug-likeness (QED) is 0.780. The minimum absolute atomic E-state index is 0.306. The molecule has 23 heavy (non-hydrogen) atoms. The topological polar surface area (TPSA) is 64.4 Å². The Kier molecular flexibility index (Phi) is 4.21. The summed E-state index contributed by atoms with van der Waals surface area (Å²) in [7, 11) is 1.50. The lowest BCUT2D eigenvalue weighted by Gasteiger charge is -2.16. The van der Waals surface area contributed by atoms with Gasteiger partial charge in [0.1, 0.15) is 5.52 Å². The molecule has 1 N–H and O–H groups in total. The number of alkyl carbamates (subject to hydrolysis) is 1. The van der Waals surface area contributed by atoms with Gasteiger partial charge in [-0.15, -0.1) is 0 Å². The summed E-state index contributed by atoms with van der Waals surface area (Å²) >= 11 is 5.98. The lowest BCUT2D eigenvalue weighted by atomic mass is 10.0. The molecule has 0 radical (unpaired) electrons. The SMILES string of the molecule is CNC(=O)OC(c1nc2cc(Cl)ccc2o1)c1ccccc1C. The summed E-state index contributed by atoms with van der Waals surface area (Å²) in [5.41, 5.74) is 2.99. The Morgan fingerprint density at radius 3 is 2.83 bits per heavy atom.